The molecular weight excluding hydrogens is 332 g/mol. The minimum Gasteiger partial charge on any atom is -0.496 e. The molecule has 2 aromatic carbocycles. The molecule has 1 heterocycles. The van der Waals surface area contributed by atoms with Crippen LogP contribution in [0.3, 0.4) is 0 Å². The third-order valence-electron chi connectivity index (χ3n) is 3.43. The number of benzene rings is 2. The van der Waals surface area contributed by atoms with Crippen molar-refractivity contribution in [3.8, 4) is 5.75 Å². The summed E-state index contributed by atoms with van der Waals surface area (Å²) in [4.78, 5) is 0. The molecule has 3 nitrogen and oxygen atoms in total. The van der Waals surface area contributed by atoms with Crippen LogP contribution in [-0.2, 0) is 6.42 Å². The monoisotopic (exact) mass is 346 g/mol. The third-order valence-corrected chi connectivity index (χ3v) is 3.92. The van der Waals surface area contributed by atoms with Gasteiger partial charge in [0.2, 0.25) is 0 Å². The van der Waals surface area contributed by atoms with Crippen LogP contribution in [0.5, 0.6) is 5.75 Å². The number of aliphatic hydroxyl groups excluding tert-OH is 1. The van der Waals surface area contributed by atoms with E-state index in [0.29, 0.717) is 12.2 Å². The summed E-state index contributed by atoms with van der Waals surface area (Å²) in [7, 11) is 1.63. The zero-order valence-corrected chi connectivity index (χ0v) is 13.1. The van der Waals surface area contributed by atoms with Crippen molar-refractivity contribution in [3.63, 3.8) is 0 Å². The fourth-order valence-electron chi connectivity index (χ4n) is 2.38. The summed E-state index contributed by atoms with van der Waals surface area (Å²) < 4.78 is 12.0. The molecule has 1 N–H and O–H groups in total. The van der Waals surface area contributed by atoms with Crippen LogP contribution in [-0.4, -0.2) is 12.2 Å². The molecule has 0 amide bonds. The molecule has 3 rings (SSSR count). The zero-order valence-electron chi connectivity index (χ0n) is 11.5. The predicted molar refractivity (Wildman–Crippen MR) is 85.6 cm³/mol. The minimum absolute atomic E-state index is 0.433. The van der Waals surface area contributed by atoms with E-state index in [1.807, 2.05) is 48.5 Å². The van der Waals surface area contributed by atoms with Crippen LogP contribution in [0.4, 0.5) is 0 Å². The van der Waals surface area contributed by atoms with Gasteiger partial charge in [0.1, 0.15) is 23.2 Å². The topological polar surface area (TPSA) is 42.6 Å². The summed E-state index contributed by atoms with van der Waals surface area (Å²) in [6.45, 7) is 0. The van der Waals surface area contributed by atoms with Crippen LogP contribution < -0.4 is 4.74 Å². The average Bonchev–Trinajstić information content (AvgIpc) is 2.91. The average molecular weight is 347 g/mol. The highest BCUT2D eigenvalue weighted by Gasteiger charge is 2.16. The van der Waals surface area contributed by atoms with Crippen molar-refractivity contribution in [2.24, 2.45) is 0 Å². The van der Waals surface area contributed by atoms with Crippen LogP contribution in [0.2, 0.25) is 0 Å². The summed E-state index contributed by atoms with van der Waals surface area (Å²) in [5.74, 6) is 1.33. The summed E-state index contributed by atoms with van der Waals surface area (Å²) in [5.41, 5.74) is 1.72. The lowest BCUT2D eigenvalue weighted by Crippen LogP contribution is -2.02. The van der Waals surface area contributed by atoms with Crippen LogP contribution in [0.15, 0.2) is 57.4 Å². The van der Waals surface area contributed by atoms with Gasteiger partial charge < -0.3 is 14.3 Å². The molecule has 3 aromatic rings. The van der Waals surface area contributed by atoms with Gasteiger partial charge in [-0.15, -0.1) is 0 Å². The standard InChI is InChI=1S/C17H15BrO3/c1-20-15-7-6-13(18)8-12(15)9-14(19)17-10-11-4-2-3-5-16(11)21-17/h2-8,10,14,19H,9H2,1H3. The number of furan rings is 1. The maximum Gasteiger partial charge on any atom is 0.134 e. The van der Waals surface area contributed by atoms with Gasteiger partial charge in [-0.2, -0.15) is 0 Å². The molecule has 1 aromatic heterocycles. The molecule has 1 atom stereocenters. The molecule has 0 aliphatic heterocycles. The molecule has 0 saturated carbocycles. The summed E-state index contributed by atoms with van der Waals surface area (Å²) >= 11 is 3.44. The second-order valence-corrected chi connectivity index (χ2v) is 5.78. The number of hydrogen-bond acceptors (Lipinski definition) is 3. The number of hydrogen-bond donors (Lipinski definition) is 1. The van der Waals surface area contributed by atoms with Gasteiger partial charge in [-0.3, -0.25) is 0 Å². The Morgan fingerprint density at radius 1 is 1.19 bits per heavy atom. The number of halogens is 1. The number of aliphatic hydroxyl groups is 1. The molecule has 21 heavy (non-hydrogen) atoms. The smallest absolute Gasteiger partial charge is 0.134 e. The van der Waals surface area contributed by atoms with Gasteiger partial charge in [0.15, 0.2) is 0 Å². The Hall–Kier alpha value is -1.78. The van der Waals surface area contributed by atoms with Gasteiger partial charge in [0, 0.05) is 16.3 Å². The molecule has 0 fully saturated rings. The lowest BCUT2D eigenvalue weighted by molar-refractivity contribution is 0.151. The van der Waals surface area contributed by atoms with Crippen molar-refractivity contribution >= 4 is 26.9 Å². The summed E-state index contributed by atoms with van der Waals surface area (Å²) in [6.07, 6.45) is -0.275. The number of ether oxygens (including phenoxy) is 1. The first kappa shape index (κ1) is 14.2. The number of methoxy groups -OCH3 is 1. The highest BCUT2D eigenvalue weighted by molar-refractivity contribution is 9.10. The van der Waals surface area contributed by atoms with E-state index in [0.717, 1.165) is 26.8 Å². The quantitative estimate of drug-likeness (QED) is 0.757. The van der Waals surface area contributed by atoms with Crippen LogP contribution in [0.1, 0.15) is 17.4 Å². The van der Waals surface area contributed by atoms with Crippen molar-refractivity contribution in [3.05, 3.63) is 64.3 Å². The van der Waals surface area contributed by atoms with E-state index >= 15 is 0 Å². The Bertz CT molecular complexity index is 731. The van der Waals surface area contributed by atoms with Crippen molar-refractivity contribution < 1.29 is 14.3 Å². The molecule has 0 radical (unpaired) electrons. The maximum atomic E-state index is 10.4. The van der Waals surface area contributed by atoms with Gasteiger partial charge in [-0.1, -0.05) is 34.1 Å². The van der Waals surface area contributed by atoms with E-state index in [-0.39, 0.29) is 0 Å². The van der Waals surface area contributed by atoms with Crippen molar-refractivity contribution in [2.45, 2.75) is 12.5 Å². The number of para-hydroxylation sites is 1. The normalized spacial score (nSPS) is 12.5. The number of fused-ring (bicyclic) bond motifs is 1. The fraction of sp³-hybridized carbons (Fsp3) is 0.176. The zero-order chi connectivity index (χ0) is 14.8. The second kappa shape index (κ2) is 5.92. The Morgan fingerprint density at radius 2 is 2.00 bits per heavy atom. The van der Waals surface area contributed by atoms with Crippen LogP contribution >= 0.6 is 15.9 Å². The fourth-order valence-corrected chi connectivity index (χ4v) is 2.79. The molecule has 4 heteroatoms. The van der Waals surface area contributed by atoms with E-state index in [4.69, 9.17) is 9.15 Å². The van der Waals surface area contributed by atoms with Gasteiger partial charge >= 0.3 is 0 Å². The van der Waals surface area contributed by atoms with Crippen molar-refractivity contribution in [2.75, 3.05) is 7.11 Å². The third kappa shape index (κ3) is 2.96. The number of rotatable bonds is 4. The Labute approximate surface area is 131 Å². The molecule has 0 bridgehead atoms. The van der Waals surface area contributed by atoms with E-state index < -0.39 is 6.10 Å². The Kier molecular flexibility index (Phi) is 3.99. The lowest BCUT2D eigenvalue weighted by atomic mass is 10.0. The van der Waals surface area contributed by atoms with Crippen LogP contribution in [0.25, 0.3) is 11.0 Å². The first-order valence-electron chi connectivity index (χ1n) is 6.66. The SMILES string of the molecule is COc1ccc(Br)cc1CC(O)c1cc2ccccc2o1. The molecule has 108 valence electrons. The van der Waals surface area contributed by atoms with Crippen molar-refractivity contribution in [1.82, 2.24) is 0 Å². The Balaban J connectivity index is 1.89. The lowest BCUT2D eigenvalue weighted by Gasteiger charge is -2.12. The molecule has 0 spiro atoms. The summed E-state index contributed by atoms with van der Waals surface area (Å²) in [6, 6.07) is 15.3. The molecule has 0 saturated heterocycles. The predicted octanol–water partition coefficient (Wildman–Crippen LogP) is 4.48. The first-order valence-corrected chi connectivity index (χ1v) is 7.45. The van der Waals surface area contributed by atoms with Gasteiger partial charge in [0.05, 0.1) is 7.11 Å². The highest BCUT2D eigenvalue weighted by atomic mass is 79.9. The summed E-state index contributed by atoms with van der Waals surface area (Å²) in [5, 5.41) is 11.4. The first-order chi connectivity index (χ1) is 10.2. The molecule has 0 aliphatic rings. The Morgan fingerprint density at radius 3 is 2.76 bits per heavy atom. The van der Waals surface area contributed by atoms with E-state index in [2.05, 4.69) is 15.9 Å². The van der Waals surface area contributed by atoms with Gasteiger partial charge in [0.25, 0.3) is 0 Å². The molecular formula is C17H15BrO3. The van der Waals surface area contributed by atoms with Crippen LogP contribution in [0, 0.1) is 0 Å². The van der Waals surface area contributed by atoms with Crippen molar-refractivity contribution in [1.29, 1.82) is 0 Å². The molecule has 1 unspecified atom stereocenters. The van der Waals surface area contributed by atoms with Gasteiger partial charge in [-0.25, -0.2) is 0 Å². The maximum absolute atomic E-state index is 10.4. The van der Waals surface area contributed by atoms with E-state index in [9.17, 15) is 5.11 Å². The minimum atomic E-state index is -0.708. The largest absolute Gasteiger partial charge is 0.496 e. The van der Waals surface area contributed by atoms with E-state index in [1.165, 1.54) is 0 Å². The van der Waals surface area contributed by atoms with Gasteiger partial charge in [-0.05, 0) is 35.9 Å². The highest BCUT2D eigenvalue weighted by Crippen LogP contribution is 2.30. The van der Waals surface area contributed by atoms with E-state index in [1.54, 1.807) is 7.11 Å². The molecule has 0 aliphatic carbocycles. The second-order valence-electron chi connectivity index (χ2n) is 4.86.